The molecule has 1 aromatic carbocycles. The maximum atomic E-state index is 12.6. The average Bonchev–Trinajstić information content (AvgIpc) is 2.47. The first-order valence-electron chi connectivity index (χ1n) is 6.68. The molecule has 1 aromatic rings. The largest absolute Gasteiger partial charge is 0.495 e. The first-order chi connectivity index (χ1) is 9.81. The van der Waals surface area contributed by atoms with Gasteiger partial charge >= 0.3 is 5.97 Å². The average molecular weight is 313 g/mol. The number of carboxylic acids is 1. The highest BCUT2D eigenvalue weighted by atomic mass is 32.2. The zero-order valence-electron chi connectivity index (χ0n) is 12.1. The Balaban J connectivity index is 2.25. The SMILES string of the molecule is COc1ccccc1S(=O)(=O)N1CCC(C)(C(=O)O)CC1. The molecule has 0 amide bonds. The number of ether oxygens (including phenoxy) is 1. The van der Waals surface area contributed by atoms with Crippen molar-refractivity contribution in [3.63, 3.8) is 0 Å². The molecular weight excluding hydrogens is 294 g/mol. The number of methoxy groups -OCH3 is 1. The lowest BCUT2D eigenvalue weighted by Crippen LogP contribution is -2.45. The minimum absolute atomic E-state index is 0.117. The monoisotopic (exact) mass is 313 g/mol. The summed E-state index contributed by atoms with van der Waals surface area (Å²) in [6.07, 6.45) is 0.605. The van der Waals surface area contributed by atoms with Crippen molar-refractivity contribution >= 4 is 16.0 Å². The summed E-state index contributed by atoms with van der Waals surface area (Å²) in [6, 6.07) is 6.44. The second-order valence-corrected chi connectivity index (χ2v) is 7.33. The van der Waals surface area contributed by atoms with E-state index in [-0.39, 0.29) is 18.0 Å². The minimum atomic E-state index is -3.67. The highest BCUT2D eigenvalue weighted by Gasteiger charge is 2.40. The number of carboxylic acid groups (broad SMARTS) is 1. The topological polar surface area (TPSA) is 83.9 Å². The first-order valence-corrected chi connectivity index (χ1v) is 8.12. The van der Waals surface area contributed by atoms with Crippen LogP contribution in [0.15, 0.2) is 29.2 Å². The summed E-state index contributed by atoms with van der Waals surface area (Å²) >= 11 is 0. The fraction of sp³-hybridized carbons (Fsp3) is 0.500. The third-order valence-electron chi connectivity index (χ3n) is 4.03. The molecule has 0 aliphatic carbocycles. The van der Waals surface area contributed by atoms with Crippen molar-refractivity contribution in [3.8, 4) is 5.75 Å². The molecule has 0 atom stereocenters. The predicted octanol–water partition coefficient (Wildman–Crippen LogP) is 1.57. The Morgan fingerprint density at radius 1 is 1.29 bits per heavy atom. The highest BCUT2D eigenvalue weighted by Crippen LogP contribution is 2.35. The van der Waals surface area contributed by atoms with Gasteiger partial charge in [-0.1, -0.05) is 12.1 Å². The Bertz CT molecular complexity index is 633. The van der Waals surface area contributed by atoms with Crippen molar-refractivity contribution in [1.29, 1.82) is 0 Å². The van der Waals surface area contributed by atoms with Crippen LogP contribution in [-0.2, 0) is 14.8 Å². The normalized spacial score (nSPS) is 19.1. The molecule has 1 fully saturated rings. The van der Waals surface area contributed by atoms with Crippen molar-refractivity contribution in [1.82, 2.24) is 4.31 Å². The van der Waals surface area contributed by atoms with E-state index in [1.165, 1.54) is 17.5 Å². The molecule has 1 aliphatic rings. The van der Waals surface area contributed by atoms with Crippen LogP contribution in [0.25, 0.3) is 0 Å². The second kappa shape index (κ2) is 5.65. The molecule has 0 unspecified atom stereocenters. The fourth-order valence-electron chi connectivity index (χ4n) is 2.40. The third kappa shape index (κ3) is 2.89. The number of carbonyl (C=O) groups is 1. The molecule has 6 nitrogen and oxygen atoms in total. The molecule has 0 bridgehead atoms. The van der Waals surface area contributed by atoms with Gasteiger partial charge < -0.3 is 9.84 Å². The second-order valence-electron chi connectivity index (χ2n) is 5.42. The van der Waals surface area contributed by atoms with Crippen LogP contribution in [0.4, 0.5) is 0 Å². The van der Waals surface area contributed by atoms with E-state index in [9.17, 15) is 18.3 Å². The Morgan fingerprint density at radius 2 is 1.86 bits per heavy atom. The van der Waals surface area contributed by atoms with Crippen LogP contribution < -0.4 is 4.74 Å². The molecule has 1 saturated heterocycles. The molecule has 116 valence electrons. The smallest absolute Gasteiger partial charge is 0.309 e. The highest BCUT2D eigenvalue weighted by molar-refractivity contribution is 7.89. The summed E-state index contributed by atoms with van der Waals surface area (Å²) < 4.78 is 31.7. The third-order valence-corrected chi connectivity index (χ3v) is 5.97. The Labute approximate surface area is 124 Å². The van der Waals surface area contributed by atoms with Crippen molar-refractivity contribution < 1.29 is 23.1 Å². The van der Waals surface area contributed by atoms with Gasteiger partial charge in [0.15, 0.2) is 0 Å². The molecule has 21 heavy (non-hydrogen) atoms. The standard InChI is InChI=1S/C14H19NO5S/c1-14(13(16)17)7-9-15(10-8-14)21(18,19)12-6-4-3-5-11(12)20-2/h3-6H,7-10H2,1-2H3,(H,16,17). The molecule has 1 heterocycles. The van der Waals surface area contributed by atoms with Gasteiger partial charge in [0, 0.05) is 13.1 Å². The molecule has 0 saturated carbocycles. The summed E-state index contributed by atoms with van der Waals surface area (Å²) in [5.41, 5.74) is -0.854. The van der Waals surface area contributed by atoms with Crippen molar-refractivity contribution in [2.75, 3.05) is 20.2 Å². The molecule has 2 rings (SSSR count). The summed E-state index contributed by atoms with van der Waals surface area (Å²) in [5.74, 6) is -0.582. The van der Waals surface area contributed by atoms with Crippen molar-refractivity contribution in [2.24, 2.45) is 5.41 Å². The summed E-state index contributed by atoms with van der Waals surface area (Å²) in [6.45, 7) is 2.05. The number of piperidine rings is 1. The number of aliphatic carboxylic acids is 1. The maximum Gasteiger partial charge on any atom is 0.309 e. The molecule has 0 spiro atoms. The van der Waals surface area contributed by atoms with Gasteiger partial charge in [-0.3, -0.25) is 4.79 Å². The van der Waals surface area contributed by atoms with Crippen molar-refractivity contribution in [2.45, 2.75) is 24.7 Å². The van der Waals surface area contributed by atoms with E-state index in [0.717, 1.165) is 0 Å². The summed E-state index contributed by atoms with van der Waals surface area (Å²) in [7, 11) is -2.24. The zero-order chi connectivity index (χ0) is 15.7. The number of rotatable bonds is 4. The Morgan fingerprint density at radius 3 is 2.38 bits per heavy atom. The van der Waals surface area contributed by atoms with Gasteiger partial charge in [-0.2, -0.15) is 4.31 Å². The minimum Gasteiger partial charge on any atom is -0.495 e. The number of benzene rings is 1. The number of hydrogen-bond acceptors (Lipinski definition) is 4. The lowest BCUT2D eigenvalue weighted by Gasteiger charge is -2.35. The van der Waals surface area contributed by atoms with Gasteiger partial charge in [0.2, 0.25) is 10.0 Å². The van der Waals surface area contributed by atoms with E-state index in [4.69, 9.17) is 4.74 Å². The van der Waals surface area contributed by atoms with Gasteiger partial charge in [0.25, 0.3) is 0 Å². The summed E-state index contributed by atoms with van der Waals surface area (Å²) in [4.78, 5) is 11.3. The molecule has 1 N–H and O–H groups in total. The number of nitrogens with zero attached hydrogens (tertiary/aromatic N) is 1. The van der Waals surface area contributed by atoms with Crippen LogP contribution in [-0.4, -0.2) is 44.0 Å². The van der Waals surface area contributed by atoms with E-state index < -0.39 is 21.4 Å². The summed E-state index contributed by atoms with van der Waals surface area (Å²) in [5, 5.41) is 9.20. The van der Waals surface area contributed by atoms with Gasteiger partial charge in [-0.15, -0.1) is 0 Å². The van der Waals surface area contributed by atoms with Crippen LogP contribution in [0, 0.1) is 5.41 Å². The van der Waals surface area contributed by atoms with Crippen molar-refractivity contribution in [3.05, 3.63) is 24.3 Å². The number of para-hydroxylation sites is 1. The number of hydrogen-bond donors (Lipinski definition) is 1. The van der Waals surface area contributed by atoms with E-state index >= 15 is 0 Å². The predicted molar refractivity (Wildman–Crippen MR) is 76.7 cm³/mol. The quantitative estimate of drug-likeness (QED) is 0.912. The van der Waals surface area contributed by atoms with Crippen LogP contribution in [0.1, 0.15) is 19.8 Å². The zero-order valence-corrected chi connectivity index (χ0v) is 12.9. The lowest BCUT2D eigenvalue weighted by atomic mass is 9.81. The molecular formula is C14H19NO5S. The fourth-order valence-corrected chi connectivity index (χ4v) is 4.00. The molecule has 7 heteroatoms. The van der Waals surface area contributed by atoms with Gasteiger partial charge in [-0.25, -0.2) is 8.42 Å². The van der Waals surface area contributed by atoms with E-state index in [0.29, 0.717) is 18.6 Å². The van der Waals surface area contributed by atoms with Crippen LogP contribution >= 0.6 is 0 Å². The van der Waals surface area contributed by atoms with Gasteiger partial charge in [0.05, 0.1) is 12.5 Å². The van der Waals surface area contributed by atoms with E-state index in [1.54, 1.807) is 25.1 Å². The van der Waals surface area contributed by atoms with Crippen LogP contribution in [0.3, 0.4) is 0 Å². The molecule has 0 radical (unpaired) electrons. The van der Waals surface area contributed by atoms with Crippen LogP contribution in [0.2, 0.25) is 0 Å². The van der Waals surface area contributed by atoms with Gasteiger partial charge in [0.1, 0.15) is 10.6 Å². The van der Waals surface area contributed by atoms with Gasteiger partial charge in [-0.05, 0) is 31.9 Å². The Hall–Kier alpha value is -1.60. The first kappa shape index (κ1) is 15.8. The maximum absolute atomic E-state index is 12.6. The Kier molecular flexibility index (Phi) is 4.25. The number of sulfonamides is 1. The van der Waals surface area contributed by atoms with Crippen LogP contribution in [0.5, 0.6) is 5.75 Å². The van der Waals surface area contributed by atoms with E-state index in [2.05, 4.69) is 0 Å². The van der Waals surface area contributed by atoms with E-state index in [1.807, 2.05) is 0 Å². The molecule has 0 aromatic heterocycles. The lowest BCUT2D eigenvalue weighted by molar-refractivity contribution is -0.150. The molecule has 1 aliphatic heterocycles.